The first-order valence-electron chi connectivity index (χ1n) is 7.57. The topological polar surface area (TPSA) is 102 Å². The largest absolute Gasteiger partial charge is 0.481 e. The third kappa shape index (κ3) is 7.16. The van der Waals surface area contributed by atoms with E-state index in [1.807, 2.05) is 13.0 Å². The molecule has 0 aliphatic carbocycles. The highest BCUT2D eigenvalue weighted by Crippen LogP contribution is 2.19. The van der Waals surface area contributed by atoms with Crippen molar-refractivity contribution in [1.29, 1.82) is 5.26 Å². The van der Waals surface area contributed by atoms with Crippen molar-refractivity contribution >= 4 is 29.2 Å². The van der Waals surface area contributed by atoms with Crippen LogP contribution in [0.25, 0.3) is 0 Å². The van der Waals surface area contributed by atoms with Crippen molar-refractivity contribution in [3.63, 3.8) is 0 Å². The monoisotopic (exact) mass is 349 g/mol. The SMILES string of the molecule is Cc1cc(Cl)ccc1N/C=C(/C#N)C(=O)NCCCCCC(=O)O. The Kier molecular flexibility index (Phi) is 8.37. The van der Waals surface area contributed by atoms with Gasteiger partial charge >= 0.3 is 5.97 Å². The molecule has 1 rings (SSSR count). The molecule has 1 aromatic rings. The van der Waals surface area contributed by atoms with Crippen LogP contribution in [0.1, 0.15) is 31.2 Å². The van der Waals surface area contributed by atoms with E-state index >= 15 is 0 Å². The van der Waals surface area contributed by atoms with E-state index in [4.69, 9.17) is 22.0 Å². The molecule has 7 heteroatoms. The second-order valence-electron chi connectivity index (χ2n) is 5.23. The van der Waals surface area contributed by atoms with Gasteiger partial charge < -0.3 is 15.7 Å². The molecule has 0 atom stereocenters. The molecule has 0 aliphatic rings. The van der Waals surface area contributed by atoms with Crippen LogP contribution in [0.2, 0.25) is 5.02 Å². The van der Waals surface area contributed by atoms with Crippen LogP contribution in [0.5, 0.6) is 0 Å². The molecule has 0 aromatic heterocycles. The van der Waals surface area contributed by atoms with E-state index in [2.05, 4.69) is 10.6 Å². The summed E-state index contributed by atoms with van der Waals surface area (Å²) in [6.45, 7) is 2.27. The zero-order chi connectivity index (χ0) is 17.9. The molecule has 6 nitrogen and oxygen atoms in total. The van der Waals surface area contributed by atoms with E-state index in [-0.39, 0.29) is 12.0 Å². The minimum absolute atomic E-state index is 0.0325. The van der Waals surface area contributed by atoms with E-state index in [0.717, 1.165) is 11.3 Å². The maximum Gasteiger partial charge on any atom is 0.303 e. The van der Waals surface area contributed by atoms with Crippen molar-refractivity contribution in [3.8, 4) is 6.07 Å². The average Bonchev–Trinajstić information content (AvgIpc) is 2.52. The lowest BCUT2D eigenvalue weighted by atomic mass is 10.2. The van der Waals surface area contributed by atoms with E-state index < -0.39 is 11.9 Å². The molecule has 128 valence electrons. The van der Waals surface area contributed by atoms with E-state index in [1.165, 1.54) is 6.20 Å². The van der Waals surface area contributed by atoms with Gasteiger partial charge in [0.15, 0.2) is 0 Å². The maximum absolute atomic E-state index is 11.9. The summed E-state index contributed by atoms with van der Waals surface area (Å²) in [7, 11) is 0. The highest BCUT2D eigenvalue weighted by atomic mass is 35.5. The summed E-state index contributed by atoms with van der Waals surface area (Å²) in [6, 6.07) is 7.12. The predicted octanol–water partition coefficient (Wildman–Crippen LogP) is 3.23. The number of unbranched alkanes of at least 4 members (excludes halogenated alkanes) is 2. The minimum Gasteiger partial charge on any atom is -0.481 e. The van der Waals surface area contributed by atoms with Crippen LogP contribution in [-0.2, 0) is 9.59 Å². The van der Waals surface area contributed by atoms with Gasteiger partial charge in [-0.25, -0.2) is 0 Å². The fourth-order valence-electron chi connectivity index (χ4n) is 1.96. The van der Waals surface area contributed by atoms with Crippen molar-refractivity contribution in [3.05, 3.63) is 40.6 Å². The normalized spacial score (nSPS) is 10.8. The van der Waals surface area contributed by atoms with Crippen molar-refractivity contribution in [2.75, 3.05) is 11.9 Å². The quantitative estimate of drug-likeness (QED) is 0.361. The van der Waals surface area contributed by atoms with Crippen molar-refractivity contribution < 1.29 is 14.7 Å². The Balaban J connectivity index is 2.45. The molecule has 1 aromatic carbocycles. The Morgan fingerprint density at radius 3 is 2.71 bits per heavy atom. The third-order valence-electron chi connectivity index (χ3n) is 3.28. The Labute approximate surface area is 146 Å². The summed E-state index contributed by atoms with van der Waals surface area (Å²) in [5.41, 5.74) is 1.62. The van der Waals surface area contributed by atoms with Crippen LogP contribution in [0.15, 0.2) is 30.0 Å². The number of benzene rings is 1. The summed E-state index contributed by atoms with van der Waals surface area (Å²) in [6.07, 6.45) is 3.43. The number of aryl methyl sites for hydroxylation is 1. The predicted molar refractivity (Wildman–Crippen MR) is 92.6 cm³/mol. The number of anilines is 1. The summed E-state index contributed by atoms with van der Waals surface area (Å²) in [5.74, 6) is -1.29. The Hall–Kier alpha value is -2.52. The van der Waals surface area contributed by atoms with E-state index in [1.54, 1.807) is 18.2 Å². The standard InChI is InChI=1S/C17H20ClN3O3/c1-12-9-14(18)6-7-15(12)21-11-13(10-19)17(24)20-8-4-2-3-5-16(22)23/h6-7,9,11,21H,2-5,8H2,1H3,(H,20,24)(H,22,23)/b13-11-. The molecule has 1 amide bonds. The van der Waals surface area contributed by atoms with Gasteiger partial charge in [0.25, 0.3) is 5.91 Å². The molecule has 0 saturated heterocycles. The van der Waals surface area contributed by atoms with Gasteiger partial charge in [-0.2, -0.15) is 5.26 Å². The summed E-state index contributed by atoms with van der Waals surface area (Å²) in [4.78, 5) is 22.3. The molecule has 0 bridgehead atoms. The number of nitrogens with one attached hydrogen (secondary N) is 2. The number of hydrogen-bond donors (Lipinski definition) is 3. The molecule has 0 spiro atoms. The van der Waals surface area contributed by atoms with Crippen LogP contribution < -0.4 is 10.6 Å². The molecule has 0 heterocycles. The summed E-state index contributed by atoms with van der Waals surface area (Å²) < 4.78 is 0. The molecule has 24 heavy (non-hydrogen) atoms. The number of carbonyl (C=O) groups is 2. The Morgan fingerprint density at radius 1 is 1.33 bits per heavy atom. The van der Waals surface area contributed by atoms with Gasteiger partial charge in [0.1, 0.15) is 11.6 Å². The van der Waals surface area contributed by atoms with Crippen LogP contribution in [0, 0.1) is 18.3 Å². The van der Waals surface area contributed by atoms with Crippen molar-refractivity contribution in [2.24, 2.45) is 0 Å². The fraction of sp³-hybridized carbons (Fsp3) is 0.353. The van der Waals surface area contributed by atoms with Gasteiger partial charge in [-0.15, -0.1) is 0 Å². The first-order valence-corrected chi connectivity index (χ1v) is 7.94. The molecular weight excluding hydrogens is 330 g/mol. The van der Waals surface area contributed by atoms with Crippen LogP contribution in [0.3, 0.4) is 0 Å². The van der Waals surface area contributed by atoms with Gasteiger partial charge in [-0.3, -0.25) is 9.59 Å². The molecule has 0 radical (unpaired) electrons. The first kappa shape index (κ1) is 19.5. The summed E-state index contributed by atoms with van der Waals surface area (Å²) in [5, 5.41) is 23.8. The number of halogens is 1. The lowest BCUT2D eigenvalue weighted by Crippen LogP contribution is -2.26. The first-order chi connectivity index (χ1) is 11.4. The maximum atomic E-state index is 11.9. The molecular formula is C17H20ClN3O3. The number of nitriles is 1. The van der Waals surface area contributed by atoms with Crippen molar-refractivity contribution in [2.45, 2.75) is 32.6 Å². The van der Waals surface area contributed by atoms with Gasteiger partial charge in [0.05, 0.1) is 0 Å². The van der Waals surface area contributed by atoms with E-state index in [9.17, 15) is 9.59 Å². The number of carboxylic acids is 1. The number of amides is 1. The number of hydrogen-bond acceptors (Lipinski definition) is 4. The van der Waals surface area contributed by atoms with Crippen LogP contribution >= 0.6 is 11.6 Å². The van der Waals surface area contributed by atoms with Gasteiger partial charge in [-0.05, 0) is 43.5 Å². The zero-order valence-corrected chi connectivity index (χ0v) is 14.2. The van der Waals surface area contributed by atoms with Crippen molar-refractivity contribution in [1.82, 2.24) is 5.32 Å². The second-order valence-corrected chi connectivity index (χ2v) is 5.67. The lowest BCUT2D eigenvalue weighted by Gasteiger charge is -2.07. The van der Waals surface area contributed by atoms with Gasteiger partial charge in [-0.1, -0.05) is 18.0 Å². The average molecular weight is 350 g/mol. The highest BCUT2D eigenvalue weighted by molar-refractivity contribution is 6.30. The van der Waals surface area contributed by atoms with Gasteiger partial charge in [0, 0.05) is 29.9 Å². The Bertz CT molecular complexity index is 666. The molecule has 0 aliphatic heterocycles. The molecule has 0 unspecified atom stereocenters. The van der Waals surface area contributed by atoms with E-state index in [0.29, 0.717) is 30.8 Å². The third-order valence-corrected chi connectivity index (χ3v) is 3.51. The number of nitrogens with zero attached hydrogens (tertiary/aromatic N) is 1. The number of aliphatic carboxylic acids is 1. The van der Waals surface area contributed by atoms with Crippen LogP contribution in [0.4, 0.5) is 5.69 Å². The molecule has 3 N–H and O–H groups in total. The summed E-state index contributed by atoms with van der Waals surface area (Å²) >= 11 is 5.88. The number of rotatable bonds is 9. The lowest BCUT2D eigenvalue weighted by molar-refractivity contribution is -0.137. The molecule has 0 saturated carbocycles. The Morgan fingerprint density at radius 2 is 2.08 bits per heavy atom. The highest BCUT2D eigenvalue weighted by Gasteiger charge is 2.08. The number of carbonyl (C=O) groups excluding carboxylic acids is 1. The minimum atomic E-state index is -0.822. The van der Waals surface area contributed by atoms with Gasteiger partial charge in [0.2, 0.25) is 0 Å². The smallest absolute Gasteiger partial charge is 0.303 e. The molecule has 0 fully saturated rings. The number of carboxylic acid groups (broad SMARTS) is 1. The second kappa shape index (κ2) is 10.3. The fourth-order valence-corrected chi connectivity index (χ4v) is 2.19. The zero-order valence-electron chi connectivity index (χ0n) is 13.4. The van der Waals surface area contributed by atoms with Crippen LogP contribution in [-0.4, -0.2) is 23.5 Å².